The van der Waals surface area contributed by atoms with Crippen molar-refractivity contribution in [3.8, 4) is 11.5 Å². The van der Waals surface area contributed by atoms with Crippen LogP contribution in [0.1, 0.15) is 32.7 Å². The van der Waals surface area contributed by atoms with E-state index < -0.39 is 12.1 Å². The van der Waals surface area contributed by atoms with Crippen LogP contribution in [0.2, 0.25) is 0 Å². The van der Waals surface area contributed by atoms with Crippen LogP contribution in [0.25, 0.3) is 10.2 Å². The number of primary amides is 1. The van der Waals surface area contributed by atoms with Gasteiger partial charge in [0.1, 0.15) is 15.9 Å². The Balaban J connectivity index is 1.70. The number of carbonyl (C=O) groups excluding carboxylic acids is 2. The minimum Gasteiger partial charge on any atom is -0.493 e. The maximum Gasteiger partial charge on any atom is 0.265 e. The van der Waals surface area contributed by atoms with Crippen LogP contribution in [0.5, 0.6) is 11.5 Å². The number of aromatic nitrogens is 1. The van der Waals surface area contributed by atoms with E-state index in [0.717, 1.165) is 32.7 Å². The molecule has 4 N–H and O–H groups in total. The zero-order valence-corrected chi connectivity index (χ0v) is 17.0. The normalized spacial score (nSPS) is 15.4. The largest absolute Gasteiger partial charge is 0.493 e. The SMILES string of the molecule is COc1cc([C@H]2NC(=O)c3sc4nc(C)cc(C)c4c3N2)ccc1OCC(N)=O. The van der Waals surface area contributed by atoms with E-state index in [1.807, 2.05) is 19.9 Å². The number of methoxy groups -OCH3 is 1. The van der Waals surface area contributed by atoms with Gasteiger partial charge in [-0.1, -0.05) is 6.07 Å². The zero-order valence-electron chi connectivity index (χ0n) is 16.2. The number of nitrogens with one attached hydrogen (secondary N) is 2. The summed E-state index contributed by atoms with van der Waals surface area (Å²) in [6, 6.07) is 7.24. The average molecular weight is 412 g/mol. The van der Waals surface area contributed by atoms with Crippen molar-refractivity contribution in [1.82, 2.24) is 10.3 Å². The minimum atomic E-state index is -0.576. The van der Waals surface area contributed by atoms with Gasteiger partial charge in [-0.15, -0.1) is 11.3 Å². The highest BCUT2D eigenvalue weighted by molar-refractivity contribution is 7.21. The number of carbonyl (C=O) groups is 2. The van der Waals surface area contributed by atoms with E-state index in [1.165, 1.54) is 18.4 Å². The summed E-state index contributed by atoms with van der Waals surface area (Å²) < 4.78 is 10.7. The van der Waals surface area contributed by atoms with Gasteiger partial charge in [-0.25, -0.2) is 4.98 Å². The summed E-state index contributed by atoms with van der Waals surface area (Å²) in [5, 5.41) is 7.34. The Kier molecular flexibility index (Phi) is 4.75. The van der Waals surface area contributed by atoms with Gasteiger partial charge in [0, 0.05) is 11.1 Å². The molecular weight excluding hydrogens is 392 g/mol. The smallest absolute Gasteiger partial charge is 0.265 e. The van der Waals surface area contributed by atoms with Gasteiger partial charge in [-0.2, -0.15) is 0 Å². The van der Waals surface area contributed by atoms with Crippen molar-refractivity contribution >= 4 is 39.1 Å². The van der Waals surface area contributed by atoms with E-state index in [4.69, 9.17) is 15.2 Å². The fraction of sp³-hybridized carbons (Fsp3) is 0.250. The molecule has 0 saturated heterocycles. The maximum atomic E-state index is 12.8. The topological polar surface area (TPSA) is 116 Å². The van der Waals surface area contributed by atoms with Gasteiger partial charge in [0.2, 0.25) is 0 Å². The number of benzene rings is 1. The van der Waals surface area contributed by atoms with Crippen molar-refractivity contribution in [3.63, 3.8) is 0 Å². The van der Waals surface area contributed by atoms with Gasteiger partial charge in [-0.3, -0.25) is 9.59 Å². The number of nitrogens with two attached hydrogens (primary N) is 1. The van der Waals surface area contributed by atoms with Crippen molar-refractivity contribution in [2.24, 2.45) is 5.73 Å². The predicted molar refractivity (Wildman–Crippen MR) is 111 cm³/mol. The molecule has 8 nitrogen and oxygen atoms in total. The molecule has 0 radical (unpaired) electrons. The predicted octanol–water partition coefficient (Wildman–Crippen LogP) is 2.64. The number of ether oxygens (including phenoxy) is 2. The van der Waals surface area contributed by atoms with Crippen molar-refractivity contribution in [2.75, 3.05) is 19.0 Å². The van der Waals surface area contributed by atoms with E-state index in [-0.39, 0.29) is 12.5 Å². The van der Waals surface area contributed by atoms with E-state index in [9.17, 15) is 9.59 Å². The second-order valence-corrected chi connectivity index (χ2v) is 7.78. The summed E-state index contributed by atoms with van der Waals surface area (Å²) in [7, 11) is 1.50. The van der Waals surface area contributed by atoms with Crippen LogP contribution in [0, 0.1) is 13.8 Å². The lowest BCUT2D eigenvalue weighted by Gasteiger charge is -2.27. The summed E-state index contributed by atoms with van der Waals surface area (Å²) in [4.78, 5) is 29.7. The molecule has 2 amide bonds. The van der Waals surface area contributed by atoms with E-state index in [1.54, 1.807) is 18.2 Å². The van der Waals surface area contributed by atoms with Crippen LogP contribution >= 0.6 is 11.3 Å². The summed E-state index contributed by atoms with van der Waals surface area (Å²) in [5.41, 5.74) is 8.69. The van der Waals surface area contributed by atoms with Crippen LogP contribution in [-0.4, -0.2) is 30.5 Å². The molecule has 1 aliphatic rings. The molecule has 2 aromatic heterocycles. The molecule has 1 aromatic carbocycles. The van der Waals surface area contributed by atoms with Crippen LogP contribution in [-0.2, 0) is 4.79 Å². The zero-order chi connectivity index (χ0) is 20.7. The standard InChI is InChI=1S/C20H20N4O4S/c1-9-6-10(2)22-20-15(9)16-17(29-20)19(26)24-18(23-16)11-4-5-12(13(7-11)27-3)28-8-14(21)25/h4-7,18,23H,8H2,1-3H3,(H2,21,25)(H,24,26)/t18-/m1/s1. The van der Waals surface area contributed by atoms with Gasteiger partial charge >= 0.3 is 0 Å². The van der Waals surface area contributed by atoms with Crippen LogP contribution in [0.4, 0.5) is 5.69 Å². The number of anilines is 1. The molecule has 1 aliphatic heterocycles. The summed E-state index contributed by atoms with van der Waals surface area (Å²) >= 11 is 1.38. The molecule has 3 heterocycles. The Labute approximate surface area is 171 Å². The lowest BCUT2D eigenvalue weighted by molar-refractivity contribution is -0.119. The van der Waals surface area contributed by atoms with Gasteiger partial charge in [0.15, 0.2) is 18.1 Å². The molecule has 9 heteroatoms. The number of hydrogen-bond donors (Lipinski definition) is 3. The number of rotatable bonds is 5. The van der Waals surface area contributed by atoms with Gasteiger partial charge < -0.3 is 25.8 Å². The van der Waals surface area contributed by atoms with Crippen molar-refractivity contribution in [1.29, 1.82) is 0 Å². The van der Waals surface area contributed by atoms with Crippen LogP contribution < -0.4 is 25.8 Å². The molecule has 1 atom stereocenters. The molecule has 4 rings (SSSR count). The molecule has 29 heavy (non-hydrogen) atoms. The van der Waals surface area contributed by atoms with E-state index in [0.29, 0.717) is 16.4 Å². The van der Waals surface area contributed by atoms with Crippen molar-refractivity contribution in [2.45, 2.75) is 20.0 Å². The van der Waals surface area contributed by atoms with E-state index >= 15 is 0 Å². The minimum absolute atomic E-state index is 0.156. The molecular formula is C20H20N4O4S. The Hall–Kier alpha value is -3.33. The number of hydrogen-bond acceptors (Lipinski definition) is 7. The number of pyridine rings is 1. The molecule has 0 saturated carbocycles. The van der Waals surface area contributed by atoms with Crippen LogP contribution in [0.15, 0.2) is 24.3 Å². The first-order valence-electron chi connectivity index (χ1n) is 8.94. The van der Waals surface area contributed by atoms with E-state index in [2.05, 4.69) is 15.6 Å². The van der Waals surface area contributed by atoms with Gasteiger partial charge in [0.05, 0.1) is 12.8 Å². The Morgan fingerprint density at radius 3 is 2.76 bits per heavy atom. The number of aryl methyl sites for hydroxylation is 2. The Morgan fingerprint density at radius 1 is 1.24 bits per heavy atom. The molecule has 0 fully saturated rings. The fourth-order valence-corrected chi connectivity index (χ4v) is 4.58. The molecule has 0 aliphatic carbocycles. The Morgan fingerprint density at radius 2 is 2.03 bits per heavy atom. The Bertz CT molecular complexity index is 1140. The number of amides is 2. The third-order valence-corrected chi connectivity index (χ3v) is 5.73. The highest BCUT2D eigenvalue weighted by Gasteiger charge is 2.30. The molecule has 0 unspecified atom stereocenters. The number of thiophene rings is 1. The lowest BCUT2D eigenvalue weighted by Crippen LogP contribution is -2.37. The van der Waals surface area contributed by atoms with Gasteiger partial charge in [-0.05, 0) is 43.2 Å². The second-order valence-electron chi connectivity index (χ2n) is 6.78. The van der Waals surface area contributed by atoms with Crippen molar-refractivity contribution in [3.05, 3.63) is 46.0 Å². The first-order chi connectivity index (χ1) is 13.9. The summed E-state index contributed by atoms with van der Waals surface area (Å²) in [6.07, 6.45) is -0.451. The number of nitrogens with zero attached hydrogens (tertiary/aromatic N) is 1. The summed E-state index contributed by atoms with van der Waals surface area (Å²) in [5.74, 6) is 0.105. The average Bonchev–Trinajstić information content (AvgIpc) is 3.05. The van der Waals surface area contributed by atoms with Crippen molar-refractivity contribution < 1.29 is 19.1 Å². The molecule has 0 spiro atoms. The van der Waals surface area contributed by atoms with Gasteiger partial charge in [0.25, 0.3) is 11.8 Å². The third-order valence-electron chi connectivity index (χ3n) is 4.65. The quantitative estimate of drug-likeness (QED) is 0.593. The maximum absolute atomic E-state index is 12.8. The molecule has 0 bridgehead atoms. The lowest BCUT2D eigenvalue weighted by atomic mass is 10.1. The summed E-state index contributed by atoms with van der Waals surface area (Å²) in [6.45, 7) is 3.71. The molecule has 150 valence electrons. The third kappa shape index (κ3) is 3.44. The molecule has 3 aromatic rings. The highest BCUT2D eigenvalue weighted by atomic mass is 32.1. The highest BCUT2D eigenvalue weighted by Crippen LogP contribution is 2.41. The number of fused-ring (bicyclic) bond motifs is 3. The van der Waals surface area contributed by atoms with Crippen LogP contribution in [0.3, 0.4) is 0 Å². The second kappa shape index (κ2) is 7.25. The fourth-order valence-electron chi connectivity index (χ4n) is 3.41. The monoisotopic (exact) mass is 412 g/mol. The first kappa shape index (κ1) is 19.0. The first-order valence-corrected chi connectivity index (χ1v) is 9.76.